The lowest BCUT2D eigenvalue weighted by molar-refractivity contribution is 0.102. The van der Waals surface area contributed by atoms with Gasteiger partial charge in [-0.05, 0) is 75.7 Å². The summed E-state index contributed by atoms with van der Waals surface area (Å²) in [5, 5.41) is 2.88. The summed E-state index contributed by atoms with van der Waals surface area (Å²) in [7, 11) is 0. The molecule has 0 aliphatic carbocycles. The van der Waals surface area contributed by atoms with Crippen LogP contribution in [0, 0.1) is 13.8 Å². The van der Waals surface area contributed by atoms with Gasteiger partial charge in [-0.3, -0.25) is 4.79 Å². The first-order valence-corrected chi connectivity index (χ1v) is 9.74. The van der Waals surface area contributed by atoms with Crippen molar-refractivity contribution in [3.05, 3.63) is 71.5 Å². The quantitative estimate of drug-likeness (QED) is 0.621. The third kappa shape index (κ3) is 5.10. The normalized spacial score (nSPS) is 10.5. The number of aromatic nitrogens is 2. The van der Waals surface area contributed by atoms with Crippen LogP contribution < -0.4 is 15.0 Å². The van der Waals surface area contributed by atoms with E-state index in [9.17, 15) is 4.79 Å². The number of rotatable bonds is 7. The van der Waals surface area contributed by atoms with E-state index in [-0.39, 0.29) is 5.91 Å². The van der Waals surface area contributed by atoms with Gasteiger partial charge in [0.25, 0.3) is 5.91 Å². The van der Waals surface area contributed by atoms with E-state index in [1.807, 2.05) is 75.1 Å². The Morgan fingerprint density at radius 2 is 1.79 bits per heavy atom. The number of aryl methyl sites for hydroxylation is 2. The number of nitrogens with one attached hydrogen (secondary N) is 1. The Morgan fingerprint density at radius 1 is 1.03 bits per heavy atom. The third-order valence-corrected chi connectivity index (χ3v) is 4.37. The second-order valence-electron chi connectivity index (χ2n) is 6.69. The minimum absolute atomic E-state index is 0.277. The summed E-state index contributed by atoms with van der Waals surface area (Å²) in [6, 6.07) is 17.1. The highest BCUT2D eigenvalue weighted by atomic mass is 16.5. The zero-order chi connectivity index (χ0) is 20.8. The Hall–Kier alpha value is -3.41. The van der Waals surface area contributed by atoms with E-state index in [1.165, 1.54) is 0 Å². The van der Waals surface area contributed by atoms with Gasteiger partial charge in [0.1, 0.15) is 11.4 Å². The second kappa shape index (κ2) is 9.19. The number of carbonyl (C=O) groups is 1. The SMILES string of the molecule is CCOc1ccc(NC(=O)c2cc(C)nc(N(CC)c3cccc(C)c3)n2)cc1. The predicted molar refractivity (Wildman–Crippen MR) is 116 cm³/mol. The van der Waals surface area contributed by atoms with Gasteiger partial charge in [0.2, 0.25) is 5.95 Å². The largest absolute Gasteiger partial charge is 0.494 e. The summed E-state index contributed by atoms with van der Waals surface area (Å²) in [4.78, 5) is 23.9. The molecule has 0 aliphatic heterocycles. The number of anilines is 3. The molecule has 29 heavy (non-hydrogen) atoms. The topological polar surface area (TPSA) is 67.3 Å². The lowest BCUT2D eigenvalue weighted by Gasteiger charge is -2.22. The van der Waals surface area contributed by atoms with Crippen LogP contribution in [0.1, 0.15) is 35.6 Å². The Bertz CT molecular complexity index is 986. The van der Waals surface area contributed by atoms with Crippen LogP contribution in [-0.4, -0.2) is 29.0 Å². The van der Waals surface area contributed by atoms with Gasteiger partial charge in [-0.1, -0.05) is 12.1 Å². The Morgan fingerprint density at radius 3 is 2.45 bits per heavy atom. The Balaban J connectivity index is 1.84. The molecule has 6 heteroatoms. The molecule has 0 spiro atoms. The molecular weight excluding hydrogens is 364 g/mol. The highest BCUT2D eigenvalue weighted by molar-refractivity contribution is 6.03. The van der Waals surface area contributed by atoms with Crippen molar-refractivity contribution in [1.29, 1.82) is 0 Å². The van der Waals surface area contributed by atoms with Crippen LogP contribution in [0.3, 0.4) is 0 Å². The number of hydrogen-bond donors (Lipinski definition) is 1. The maximum atomic E-state index is 12.8. The van der Waals surface area contributed by atoms with E-state index in [0.29, 0.717) is 30.5 Å². The smallest absolute Gasteiger partial charge is 0.274 e. The van der Waals surface area contributed by atoms with Crippen molar-refractivity contribution in [3.8, 4) is 5.75 Å². The molecule has 0 fully saturated rings. The molecule has 0 atom stereocenters. The van der Waals surface area contributed by atoms with Crippen LogP contribution in [-0.2, 0) is 0 Å². The minimum atomic E-state index is -0.277. The number of hydrogen-bond acceptors (Lipinski definition) is 5. The van der Waals surface area contributed by atoms with Crippen molar-refractivity contribution in [1.82, 2.24) is 9.97 Å². The average Bonchev–Trinajstić information content (AvgIpc) is 2.70. The molecule has 2 aromatic carbocycles. The van der Waals surface area contributed by atoms with E-state index in [2.05, 4.69) is 21.4 Å². The fraction of sp³-hybridized carbons (Fsp3) is 0.261. The molecule has 1 heterocycles. The van der Waals surface area contributed by atoms with Crippen LogP contribution >= 0.6 is 0 Å². The van der Waals surface area contributed by atoms with E-state index in [0.717, 1.165) is 22.7 Å². The summed E-state index contributed by atoms with van der Waals surface area (Å²) in [6.45, 7) is 9.16. The van der Waals surface area contributed by atoms with Crippen molar-refractivity contribution in [2.24, 2.45) is 0 Å². The molecule has 0 aliphatic rings. The van der Waals surface area contributed by atoms with Crippen molar-refractivity contribution in [2.45, 2.75) is 27.7 Å². The van der Waals surface area contributed by atoms with Gasteiger partial charge in [0, 0.05) is 23.6 Å². The van der Waals surface area contributed by atoms with Gasteiger partial charge in [0.05, 0.1) is 6.61 Å². The number of amides is 1. The maximum Gasteiger partial charge on any atom is 0.274 e. The van der Waals surface area contributed by atoms with E-state index in [4.69, 9.17) is 4.74 Å². The predicted octanol–water partition coefficient (Wildman–Crippen LogP) is 4.90. The zero-order valence-electron chi connectivity index (χ0n) is 17.3. The average molecular weight is 390 g/mol. The zero-order valence-corrected chi connectivity index (χ0v) is 17.3. The molecule has 0 unspecified atom stereocenters. The molecule has 0 saturated carbocycles. The molecule has 1 amide bonds. The first-order valence-electron chi connectivity index (χ1n) is 9.74. The molecule has 1 N–H and O–H groups in total. The highest BCUT2D eigenvalue weighted by Gasteiger charge is 2.16. The molecule has 0 saturated heterocycles. The monoisotopic (exact) mass is 390 g/mol. The van der Waals surface area contributed by atoms with Gasteiger partial charge >= 0.3 is 0 Å². The molecule has 1 aromatic heterocycles. The van der Waals surface area contributed by atoms with Crippen molar-refractivity contribution >= 4 is 23.2 Å². The third-order valence-electron chi connectivity index (χ3n) is 4.37. The first-order chi connectivity index (χ1) is 14.0. The van der Waals surface area contributed by atoms with E-state index in [1.54, 1.807) is 6.07 Å². The summed E-state index contributed by atoms with van der Waals surface area (Å²) < 4.78 is 5.43. The van der Waals surface area contributed by atoms with Gasteiger partial charge in [-0.15, -0.1) is 0 Å². The second-order valence-corrected chi connectivity index (χ2v) is 6.69. The molecule has 3 aromatic rings. The lowest BCUT2D eigenvalue weighted by Crippen LogP contribution is -2.22. The highest BCUT2D eigenvalue weighted by Crippen LogP contribution is 2.24. The van der Waals surface area contributed by atoms with Crippen LogP contribution in [0.15, 0.2) is 54.6 Å². The van der Waals surface area contributed by atoms with Gasteiger partial charge in [-0.25, -0.2) is 9.97 Å². The summed E-state index contributed by atoms with van der Waals surface area (Å²) in [5.74, 6) is 0.999. The first kappa shape index (κ1) is 20.3. The summed E-state index contributed by atoms with van der Waals surface area (Å²) in [5.41, 5.74) is 3.89. The van der Waals surface area contributed by atoms with Crippen LogP contribution in [0.4, 0.5) is 17.3 Å². The minimum Gasteiger partial charge on any atom is -0.494 e. The van der Waals surface area contributed by atoms with Gasteiger partial charge < -0.3 is 15.0 Å². The number of ether oxygens (including phenoxy) is 1. The van der Waals surface area contributed by atoms with Gasteiger partial charge in [-0.2, -0.15) is 0 Å². The van der Waals surface area contributed by atoms with Crippen LogP contribution in [0.5, 0.6) is 5.75 Å². The van der Waals surface area contributed by atoms with Crippen molar-refractivity contribution in [3.63, 3.8) is 0 Å². The summed E-state index contributed by atoms with van der Waals surface area (Å²) >= 11 is 0. The Kier molecular flexibility index (Phi) is 6.44. The molecule has 150 valence electrons. The fourth-order valence-electron chi connectivity index (χ4n) is 3.02. The lowest BCUT2D eigenvalue weighted by atomic mass is 10.2. The summed E-state index contributed by atoms with van der Waals surface area (Å²) in [6.07, 6.45) is 0. The Labute approximate surface area is 171 Å². The van der Waals surface area contributed by atoms with Crippen molar-refractivity contribution in [2.75, 3.05) is 23.4 Å². The molecule has 3 rings (SSSR count). The van der Waals surface area contributed by atoms with E-state index < -0.39 is 0 Å². The van der Waals surface area contributed by atoms with E-state index >= 15 is 0 Å². The number of nitrogens with zero attached hydrogens (tertiary/aromatic N) is 3. The molecule has 0 radical (unpaired) electrons. The van der Waals surface area contributed by atoms with Gasteiger partial charge in [0.15, 0.2) is 0 Å². The maximum absolute atomic E-state index is 12.8. The van der Waals surface area contributed by atoms with Crippen LogP contribution in [0.2, 0.25) is 0 Å². The molecule has 6 nitrogen and oxygen atoms in total. The standard InChI is InChI=1S/C23H26N4O2/c1-5-27(19-9-7-8-16(3)14-19)23-24-17(4)15-21(26-23)22(28)25-18-10-12-20(13-11-18)29-6-2/h7-15H,5-6H2,1-4H3,(H,25,28). The molecular formula is C23H26N4O2. The van der Waals surface area contributed by atoms with Crippen molar-refractivity contribution < 1.29 is 9.53 Å². The number of benzene rings is 2. The number of carbonyl (C=O) groups excluding carboxylic acids is 1. The molecule has 0 bridgehead atoms. The van der Waals surface area contributed by atoms with Crippen LogP contribution in [0.25, 0.3) is 0 Å². The fourth-order valence-corrected chi connectivity index (χ4v) is 3.02.